The summed E-state index contributed by atoms with van der Waals surface area (Å²) >= 11 is 0. The van der Waals surface area contributed by atoms with Gasteiger partial charge in [-0.2, -0.15) is 0 Å². The van der Waals surface area contributed by atoms with Gasteiger partial charge >= 0.3 is 0 Å². The van der Waals surface area contributed by atoms with Gasteiger partial charge in [0.2, 0.25) is 5.91 Å². The van der Waals surface area contributed by atoms with Crippen LogP contribution in [0.4, 0.5) is 0 Å². The van der Waals surface area contributed by atoms with Crippen molar-refractivity contribution >= 4 is 16.9 Å². The molecular weight excluding hydrogens is 266 g/mol. The molecule has 2 aromatic rings. The number of hydrogen-bond acceptors (Lipinski definition) is 3. The second-order valence-electron chi connectivity index (χ2n) is 6.04. The van der Waals surface area contributed by atoms with Gasteiger partial charge in [-0.15, -0.1) is 0 Å². The van der Waals surface area contributed by atoms with Gasteiger partial charge in [-0.25, -0.2) is 4.98 Å². The minimum absolute atomic E-state index is 0.0934. The molecule has 110 valence electrons. The summed E-state index contributed by atoms with van der Waals surface area (Å²) in [5.41, 5.74) is 2.00. The zero-order valence-electron chi connectivity index (χ0n) is 12.0. The van der Waals surface area contributed by atoms with Crippen molar-refractivity contribution in [3.05, 3.63) is 30.1 Å². The number of carbonyl (C=O) groups excluding carboxylic acids is 1. The molecule has 2 aliphatic heterocycles. The molecule has 21 heavy (non-hydrogen) atoms. The molecule has 2 saturated heterocycles. The van der Waals surface area contributed by atoms with Crippen LogP contribution in [0.3, 0.4) is 0 Å². The number of carbonyl (C=O) groups is 1. The summed E-state index contributed by atoms with van der Waals surface area (Å²) in [5.74, 6) is 0.907. The molecule has 1 aromatic heterocycles. The summed E-state index contributed by atoms with van der Waals surface area (Å²) in [6, 6.07) is 7.86. The molecule has 0 unspecified atom stereocenters. The molecule has 1 amide bonds. The van der Waals surface area contributed by atoms with Crippen LogP contribution in [0.2, 0.25) is 0 Å². The summed E-state index contributed by atoms with van der Waals surface area (Å²) < 4.78 is 5.69. The van der Waals surface area contributed by atoms with E-state index in [1.807, 2.05) is 29.2 Å². The first-order valence-electron chi connectivity index (χ1n) is 7.60. The molecule has 2 fully saturated rings. The number of piperidine rings is 1. The Labute approximate surface area is 123 Å². The molecular formula is C16H19N3O2. The quantitative estimate of drug-likeness (QED) is 0.916. The molecule has 5 heteroatoms. The molecule has 0 atom stereocenters. The molecule has 1 spiro atoms. The maximum absolute atomic E-state index is 12.4. The number of ether oxygens (including phenoxy) is 1. The number of aromatic nitrogens is 2. The van der Waals surface area contributed by atoms with E-state index in [0.717, 1.165) is 55.8 Å². The molecule has 1 aromatic carbocycles. The number of para-hydroxylation sites is 2. The standard InChI is InChI=1S/C16H19N3O2/c20-15(19-8-5-16(6-9-19)7-10-21-16)11-14-17-12-3-1-2-4-13(12)18-14/h1-4H,5-11H2,(H,17,18). The van der Waals surface area contributed by atoms with Gasteiger partial charge in [-0.1, -0.05) is 12.1 Å². The van der Waals surface area contributed by atoms with Crippen molar-refractivity contribution in [2.75, 3.05) is 19.7 Å². The topological polar surface area (TPSA) is 58.2 Å². The molecule has 5 nitrogen and oxygen atoms in total. The number of fused-ring (bicyclic) bond motifs is 1. The Hall–Kier alpha value is -1.88. The summed E-state index contributed by atoms with van der Waals surface area (Å²) in [6.07, 6.45) is 3.44. The van der Waals surface area contributed by atoms with E-state index in [9.17, 15) is 4.79 Å². The second kappa shape index (κ2) is 4.84. The average molecular weight is 285 g/mol. The largest absolute Gasteiger partial charge is 0.375 e. The van der Waals surface area contributed by atoms with Crippen LogP contribution in [0.5, 0.6) is 0 Å². The molecule has 0 saturated carbocycles. The minimum Gasteiger partial charge on any atom is -0.375 e. The van der Waals surface area contributed by atoms with Gasteiger partial charge < -0.3 is 14.6 Å². The molecule has 0 aliphatic carbocycles. The highest BCUT2D eigenvalue weighted by atomic mass is 16.5. The first-order valence-corrected chi connectivity index (χ1v) is 7.60. The molecule has 3 heterocycles. The molecule has 0 radical (unpaired) electrons. The number of likely N-dealkylation sites (tertiary alicyclic amines) is 1. The SMILES string of the molecule is O=C(Cc1nc2ccccc2[nH]1)N1CCC2(CCO2)CC1. The van der Waals surface area contributed by atoms with Crippen LogP contribution in [-0.4, -0.2) is 46.1 Å². The van der Waals surface area contributed by atoms with Gasteiger partial charge in [-0.05, 0) is 31.4 Å². The van der Waals surface area contributed by atoms with E-state index in [-0.39, 0.29) is 11.5 Å². The lowest BCUT2D eigenvalue weighted by molar-refractivity contribution is -0.176. The lowest BCUT2D eigenvalue weighted by atomic mass is 9.84. The van der Waals surface area contributed by atoms with Gasteiger partial charge in [0, 0.05) is 13.1 Å². The van der Waals surface area contributed by atoms with E-state index in [1.54, 1.807) is 0 Å². The fraction of sp³-hybridized carbons (Fsp3) is 0.500. The van der Waals surface area contributed by atoms with Gasteiger partial charge in [0.15, 0.2) is 0 Å². The van der Waals surface area contributed by atoms with E-state index in [0.29, 0.717) is 6.42 Å². The predicted octanol–water partition coefficient (Wildman–Crippen LogP) is 1.89. The van der Waals surface area contributed by atoms with E-state index >= 15 is 0 Å². The highest BCUT2D eigenvalue weighted by Crippen LogP contribution is 2.36. The zero-order chi connectivity index (χ0) is 14.3. The molecule has 0 bridgehead atoms. The van der Waals surface area contributed by atoms with Gasteiger partial charge in [0.25, 0.3) is 0 Å². The first-order chi connectivity index (χ1) is 10.2. The zero-order valence-corrected chi connectivity index (χ0v) is 12.0. The number of benzene rings is 1. The second-order valence-corrected chi connectivity index (χ2v) is 6.04. The van der Waals surface area contributed by atoms with E-state index < -0.39 is 0 Å². The number of aromatic amines is 1. The number of imidazole rings is 1. The Balaban J connectivity index is 1.41. The maximum atomic E-state index is 12.4. The van der Waals surface area contributed by atoms with Crippen LogP contribution in [-0.2, 0) is 16.0 Å². The first kappa shape index (κ1) is 12.8. The smallest absolute Gasteiger partial charge is 0.230 e. The lowest BCUT2D eigenvalue weighted by Crippen LogP contribution is -2.53. The Morgan fingerprint density at radius 1 is 1.29 bits per heavy atom. The van der Waals surface area contributed by atoms with Gasteiger partial charge in [0.1, 0.15) is 5.82 Å². The summed E-state index contributed by atoms with van der Waals surface area (Å²) in [6.45, 7) is 2.49. The Morgan fingerprint density at radius 2 is 2.05 bits per heavy atom. The summed E-state index contributed by atoms with van der Waals surface area (Å²) in [5, 5.41) is 0. The fourth-order valence-electron chi connectivity index (χ4n) is 3.29. The average Bonchev–Trinajstić information content (AvgIpc) is 2.88. The van der Waals surface area contributed by atoms with Crippen LogP contribution >= 0.6 is 0 Å². The number of hydrogen-bond donors (Lipinski definition) is 1. The van der Waals surface area contributed by atoms with E-state index in [2.05, 4.69) is 9.97 Å². The molecule has 2 aliphatic rings. The lowest BCUT2D eigenvalue weighted by Gasteiger charge is -2.47. The van der Waals surface area contributed by atoms with Crippen molar-refractivity contribution in [2.45, 2.75) is 31.3 Å². The van der Waals surface area contributed by atoms with E-state index in [4.69, 9.17) is 4.74 Å². The normalized spacial score (nSPS) is 20.7. The van der Waals surface area contributed by atoms with Crippen LogP contribution in [0.25, 0.3) is 11.0 Å². The number of nitrogens with zero attached hydrogens (tertiary/aromatic N) is 2. The van der Waals surface area contributed by atoms with Crippen LogP contribution in [0.15, 0.2) is 24.3 Å². The number of nitrogens with one attached hydrogen (secondary N) is 1. The Bertz CT molecular complexity index is 632. The highest BCUT2D eigenvalue weighted by Gasteiger charge is 2.41. The van der Waals surface area contributed by atoms with Crippen molar-refractivity contribution in [3.63, 3.8) is 0 Å². The Morgan fingerprint density at radius 3 is 2.71 bits per heavy atom. The summed E-state index contributed by atoms with van der Waals surface area (Å²) in [4.78, 5) is 22.0. The van der Waals surface area contributed by atoms with Crippen LogP contribution < -0.4 is 0 Å². The molecule has 4 rings (SSSR count). The fourth-order valence-corrected chi connectivity index (χ4v) is 3.29. The van der Waals surface area contributed by atoms with Crippen molar-refractivity contribution in [1.29, 1.82) is 0 Å². The summed E-state index contributed by atoms with van der Waals surface area (Å²) in [7, 11) is 0. The molecule has 1 N–H and O–H groups in total. The third-order valence-electron chi connectivity index (χ3n) is 4.75. The number of H-pyrrole nitrogens is 1. The minimum atomic E-state index is 0.0934. The highest BCUT2D eigenvalue weighted by molar-refractivity contribution is 5.80. The third-order valence-corrected chi connectivity index (χ3v) is 4.75. The van der Waals surface area contributed by atoms with Crippen molar-refractivity contribution in [3.8, 4) is 0 Å². The number of rotatable bonds is 2. The Kier molecular flexibility index (Phi) is 2.96. The van der Waals surface area contributed by atoms with Crippen molar-refractivity contribution in [1.82, 2.24) is 14.9 Å². The van der Waals surface area contributed by atoms with Gasteiger partial charge in [0.05, 0.1) is 29.7 Å². The predicted molar refractivity (Wildman–Crippen MR) is 78.9 cm³/mol. The van der Waals surface area contributed by atoms with Crippen LogP contribution in [0.1, 0.15) is 25.1 Å². The monoisotopic (exact) mass is 285 g/mol. The van der Waals surface area contributed by atoms with Crippen molar-refractivity contribution < 1.29 is 9.53 Å². The van der Waals surface area contributed by atoms with Crippen LogP contribution in [0, 0.1) is 0 Å². The maximum Gasteiger partial charge on any atom is 0.230 e. The van der Waals surface area contributed by atoms with Crippen molar-refractivity contribution in [2.24, 2.45) is 0 Å². The number of amides is 1. The van der Waals surface area contributed by atoms with Gasteiger partial charge in [-0.3, -0.25) is 4.79 Å². The van der Waals surface area contributed by atoms with E-state index in [1.165, 1.54) is 0 Å². The third kappa shape index (κ3) is 2.31.